The zero-order chi connectivity index (χ0) is 37.8. The first-order chi connectivity index (χ1) is 26.2. The number of nitrogens with one attached hydrogen (secondary N) is 3. The molecule has 3 amide bonds. The van der Waals surface area contributed by atoms with E-state index in [0.29, 0.717) is 25.5 Å². The first-order valence-corrected chi connectivity index (χ1v) is 18.8. The molecule has 5 aromatic rings. The van der Waals surface area contributed by atoms with E-state index in [0.717, 1.165) is 82.2 Å². The van der Waals surface area contributed by atoms with Gasteiger partial charge in [-0.15, -0.1) is 0 Å². The molecule has 0 radical (unpaired) electrons. The van der Waals surface area contributed by atoms with Crippen LogP contribution in [0.15, 0.2) is 91.3 Å². The van der Waals surface area contributed by atoms with E-state index >= 15 is 0 Å². The van der Waals surface area contributed by atoms with Crippen LogP contribution in [0.1, 0.15) is 68.8 Å². The molecule has 2 aliphatic heterocycles. The van der Waals surface area contributed by atoms with Gasteiger partial charge in [-0.1, -0.05) is 92.7 Å². The van der Waals surface area contributed by atoms with Gasteiger partial charge in [-0.25, -0.2) is 14.8 Å². The minimum Gasteiger partial charge on any atom is -0.465 e. The Morgan fingerprint density at radius 2 is 1.28 bits per heavy atom. The molecule has 0 saturated carbocycles. The van der Waals surface area contributed by atoms with E-state index in [2.05, 4.69) is 80.9 Å². The van der Waals surface area contributed by atoms with Gasteiger partial charge < -0.3 is 30.2 Å². The SMILES string of the molecule is CC(C)[C@@H](C(=O)N1CCC[C@H]1c1ncc(-c2ccc(-c3ccc(-c4cnc([C@@H]5CCCN5C(=O)CNCc5ccccc5)[nH]4)cc3)cc2)[nH]1)N(C)C(=O)O. The summed E-state index contributed by atoms with van der Waals surface area (Å²) in [4.78, 5) is 59.5. The number of aromatic nitrogens is 4. The lowest BCUT2D eigenvalue weighted by Gasteiger charge is -2.33. The van der Waals surface area contributed by atoms with Crippen molar-refractivity contribution in [2.75, 3.05) is 26.7 Å². The molecule has 2 aromatic heterocycles. The number of rotatable bonds is 12. The highest BCUT2D eigenvalue weighted by atomic mass is 16.4. The average molecular weight is 729 g/mol. The smallest absolute Gasteiger partial charge is 0.407 e. The number of H-pyrrole nitrogens is 2. The van der Waals surface area contributed by atoms with Gasteiger partial charge in [0.1, 0.15) is 17.7 Å². The quantitative estimate of drug-likeness (QED) is 0.109. The number of hydrogen-bond acceptors (Lipinski definition) is 6. The highest BCUT2D eigenvalue weighted by Crippen LogP contribution is 2.35. The standard InChI is InChI=1S/C42H48N8O4/c1-27(2)38(48(3)42(53)54)41(52)50-22-8-12-36(50)40-45-25-34(47-40)32-19-15-30(16-20-32)29-13-17-31(18-14-29)33-24-44-39(46-33)35-11-7-21-49(35)37(51)26-43-23-28-9-5-4-6-10-28/h4-6,9-10,13-20,24-25,27,35-36,38,43H,7-8,11-12,21-23,26H2,1-3H3,(H,44,46)(H,45,47)(H,53,54)/t35-,36-,38-/m0/s1. The van der Waals surface area contributed by atoms with Crippen LogP contribution < -0.4 is 5.32 Å². The number of likely N-dealkylation sites (tertiary alicyclic amines) is 2. The van der Waals surface area contributed by atoms with Gasteiger partial charge in [-0.2, -0.15) is 0 Å². The summed E-state index contributed by atoms with van der Waals surface area (Å²) in [5.41, 5.74) is 7.08. The Bertz CT molecular complexity index is 2060. The number of benzene rings is 3. The fourth-order valence-electron chi connectivity index (χ4n) is 7.85. The van der Waals surface area contributed by atoms with E-state index in [9.17, 15) is 19.5 Å². The van der Waals surface area contributed by atoms with Crippen molar-refractivity contribution in [3.05, 3.63) is 108 Å². The number of nitrogens with zero attached hydrogens (tertiary/aromatic N) is 5. The van der Waals surface area contributed by atoms with Crippen molar-refractivity contribution in [1.82, 2.24) is 40.0 Å². The molecule has 0 unspecified atom stereocenters. The van der Waals surface area contributed by atoms with Gasteiger partial charge in [-0.3, -0.25) is 14.5 Å². The number of aromatic amines is 2. The van der Waals surface area contributed by atoms with Crippen LogP contribution in [-0.4, -0.2) is 90.4 Å². The Morgan fingerprint density at radius 1 is 0.778 bits per heavy atom. The number of carbonyl (C=O) groups is 3. The van der Waals surface area contributed by atoms with Gasteiger partial charge in [0.05, 0.1) is 42.4 Å². The lowest BCUT2D eigenvalue weighted by molar-refractivity contribution is -0.138. The van der Waals surface area contributed by atoms with Crippen molar-refractivity contribution >= 4 is 17.9 Å². The molecule has 12 heteroatoms. The second-order valence-electron chi connectivity index (χ2n) is 14.6. The van der Waals surface area contributed by atoms with Crippen molar-refractivity contribution in [1.29, 1.82) is 0 Å². The number of carboxylic acid groups (broad SMARTS) is 1. The normalized spacial score (nSPS) is 17.6. The van der Waals surface area contributed by atoms with E-state index in [1.807, 2.05) is 43.1 Å². The van der Waals surface area contributed by atoms with Crippen LogP contribution in [-0.2, 0) is 16.1 Å². The van der Waals surface area contributed by atoms with Gasteiger partial charge in [0.2, 0.25) is 11.8 Å². The molecule has 3 aromatic carbocycles. The summed E-state index contributed by atoms with van der Waals surface area (Å²) in [5, 5.41) is 12.9. The molecule has 0 spiro atoms. The fraction of sp³-hybridized carbons (Fsp3) is 0.357. The predicted octanol–water partition coefficient (Wildman–Crippen LogP) is 6.89. The third-order valence-electron chi connectivity index (χ3n) is 10.7. The maximum Gasteiger partial charge on any atom is 0.407 e. The number of likely N-dealkylation sites (N-methyl/N-ethyl adjacent to an activating group) is 1. The highest BCUT2D eigenvalue weighted by Gasteiger charge is 2.39. The van der Waals surface area contributed by atoms with E-state index in [1.54, 1.807) is 11.1 Å². The van der Waals surface area contributed by atoms with Crippen molar-refractivity contribution in [3.63, 3.8) is 0 Å². The highest BCUT2D eigenvalue weighted by molar-refractivity contribution is 5.86. The van der Waals surface area contributed by atoms with Gasteiger partial charge in [0.25, 0.3) is 0 Å². The van der Waals surface area contributed by atoms with E-state index in [1.165, 1.54) is 7.05 Å². The summed E-state index contributed by atoms with van der Waals surface area (Å²) < 4.78 is 0. The van der Waals surface area contributed by atoms with Crippen LogP contribution in [0.25, 0.3) is 33.6 Å². The Labute approximate surface area is 315 Å². The summed E-state index contributed by atoms with van der Waals surface area (Å²) in [6, 6.07) is 25.7. The van der Waals surface area contributed by atoms with Gasteiger partial charge in [0.15, 0.2) is 0 Å². The largest absolute Gasteiger partial charge is 0.465 e. The van der Waals surface area contributed by atoms with Crippen molar-refractivity contribution in [3.8, 4) is 33.6 Å². The molecule has 2 aliphatic rings. The minimum absolute atomic E-state index is 0.0591. The van der Waals surface area contributed by atoms with Crippen LogP contribution in [0.4, 0.5) is 4.79 Å². The number of amides is 3. The predicted molar refractivity (Wildman–Crippen MR) is 207 cm³/mol. The molecule has 12 nitrogen and oxygen atoms in total. The molecular formula is C42H48N8O4. The molecule has 54 heavy (non-hydrogen) atoms. The third kappa shape index (κ3) is 7.79. The Balaban J connectivity index is 0.973. The Morgan fingerprint density at radius 3 is 1.80 bits per heavy atom. The Hall–Kier alpha value is -5.75. The molecule has 3 atom stereocenters. The summed E-state index contributed by atoms with van der Waals surface area (Å²) in [7, 11) is 1.46. The van der Waals surface area contributed by atoms with Crippen LogP contribution >= 0.6 is 0 Å². The molecule has 280 valence electrons. The average Bonchev–Trinajstić information content (AvgIpc) is 4.02. The van der Waals surface area contributed by atoms with Gasteiger partial charge >= 0.3 is 6.09 Å². The molecule has 0 aliphatic carbocycles. The summed E-state index contributed by atoms with van der Waals surface area (Å²) in [5.74, 6) is 1.27. The monoisotopic (exact) mass is 728 g/mol. The fourth-order valence-corrected chi connectivity index (χ4v) is 7.85. The van der Waals surface area contributed by atoms with Crippen molar-refractivity contribution in [2.24, 2.45) is 5.92 Å². The van der Waals surface area contributed by atoms with Crippen molar-refractivity contribution < 1.29 is 19.5 Å². The van der Waals surface area contributed by atoms with Gasteiger partial charge in [0, 0.05) is 26.7 Å². The van der Waals surface area contributed by atoms with E-state index < -0.39 is 12.1 Å². The summed E-state index contributed by atoms with van der Waals surface area (Å²) >= 11 is 0. The van der Waals surface area contributed by atoms with Crippen LogP contribution in [0.2, 0.25) is 0 Å². The number of imidazole rings is 2. The summed E-state index contributed by atoms with van der Waals surface area (Å²) in [6.07, 6.45) is 5.96. The molecular weight excluding hydrogens is 681 g/mol. The maximum absolute atomic E-state index is 13.6. The third-order valence-corrected chi connectivity index (χ3v) is 10.7. The first-order valence-electron chi connectivity index (χ1n) is 18.8. The maximum atomic E-state index is 13.6. The first kappa shape index (κ1) is 36.6. The van der Waals surface area contributed by atoms with Crippen LogP contribution in [0, 0.1) is 5.92 Å². The van der Waals surface area contributed by atoms with Crippen LogP contribution in [0.5, 0.6) is 0 Å². The lowest BCUT2D eigenvalue weighted by atomic mass is 10.0. The topological polar surface area (TPSA) is 151 Å². The molecule has 2 saturated heterocycles. The molecule has 7 rings (SSSR count). The zero-order valence-corrected chi connectivity index (χ0v) is 31.0. The van der Waals surface area contributed by atoms with Crippen molar-refractivity contribution in [2.45, 2.75) is 64.2 Å². The molecule has 4 N–H and O–H groups in total. The van der Waals surface area contributed by atoms with E-state index in [-0.39, 0.29) is 29.8 Å². The Kier molecular flexibility index (Phi) is 10.9. The zero-order valence-electron chi connectivity index (χ0n) is 31.0. The lowest BCUT2D eigenvalue weighted by Crippen LogP contribution is -2.51. The minimum atomic E-state index is -1.12. The second-order valence-corrected chi connectivity index (χ2v) is 14.6. The number of hydrogen-bond donors (Lipinski definition) is 4. The van der Waals surface area contributed by atoms with Gasteiger partial charge in [-0.05, 0) is 59.4 Å². The second kappa shape index (κ2) is 16.1. The molecule has 0 bridgehead atoms. The van der Waals surface area contributed by atoms with Crippen LogP contribution in [0.3, 0.4) is 0 Å². The molecule has 4 heterocycles. The molecule has 2 fully saturated rings. The number of carbonyl (C=O) groups excluding carboxylic acids is 2. The van der Waals surface area contributed by atoms with E-state index in [4.69, 9.17) is 4.98 Å². The summed E-state index contributed by atoms with van der Waals surface area (Å²) in [6.45, 7) is 5.98.